The van der Waals surface area contributed by atoms with Crippen molar-refractivity contribution in [2.75, 3.05) is 6.54 Å². The lowest BCUT2D eigenvalue weighted by molar-refractivity contribution is -0.139. The SMILES string of the molecule is CCCNC(Cn1cnc2cc(C)c(C)cc21)C(=O)O. The summed E-state index contributed by atoms with van der Waals surface area (Å²) in [5, 5.41) is 12.3. The number of aliphatic carboxylic acids is 1. The van der Waals surface area contributed by atoms with E-state index in [-0.39, 0.29) is 0 Å². The van der Waals surface area contributed by atoms with Gasteiger partial charge in [-0.25, -0.2) is 4.98 Å². The Labute approximate surface area is 118 Å². The van der Waals surface area contributed by atoms with Crippen molar-refractivity contribution in [3.63, 3.8) is 0 Å². The van der Waals surface area contributed by atoms with Gasteiger partial charge in [-0.1, -0.05) is 6.92 Å². The van der Waals surface area contributed by atoms with Crippen molar-refractivity contribution >= 4 is 17.0 Å². The van der Waals surface area contributed by atoms with E-state index in [9.17, 15) is 9.90 Å². The lowest BCUT2D eigenvalue weighted by Crippen LogP contribution is -2.40. The summed E-state index contributed by atoms with van der Waals surface area (Å²) in [7, 11) is 0. The van der Waals surface area contributed by atoms with Gasteiger partial charge in [0.25, 0.3) is 0 Å². The van der Waals surface area contributed by atoms with E-state index >= 15 is 0 Å². The molecule has 0 saturated heterocycles. The second-order valence-electron chi connectivity index (χ2n) is 5.17. The average Bonchev–Trinajstić information content (AvgIpc) is 2.77. The summed E-state index contributed by atoms with van der Waals surface area (Å²) < 4.78 is 1.91. The molecule has 2 rings (SSSR count). The van der Waals surface area contributed by atoms with Crippen LogP contribution >= 0.6 is 0 Å². The number of fused-ring (bicyclic) bond motifs is 1. The smallest absolute Gasteiger partial charge is 0.322 e. The first-order valence-corrected chi connectivity index (χ1v) is 6.91. The molecule has 0 amide bonds. The van der Waals surface area contributed by atoms with E-state index in [2.05, 4.69) is 30.2 Å². The number of imidazole rings is 1. The number of benzene rings is 1. The van der Waals surface area contributed by atoms with E-state index in [0.717, 1.165) is 17.5 Å². The lowest BCUT2D eigenvalue weighted by Gasteiger charge is -2.15. The van der Waals surface area contributed by atoms with Crippen LogP contribution in [-0.2, 0) is 11.3 Å². The molecule has 0 aliphatic heterocycles. The third-order valence-corrected chi connectivity index (χ3v) is 3.55. The zero-order valence-electron chi connectivity index (χ0n) is 12.2. The maximum absolute atomic E-state index is 11.3. The molecule has 0 spiro atoms. The molecular formula is C15H21N3O2. The molecule has 1 aromatic carbocycles. The van der Waals surface area contributed by atoms with Gasteiger partial charge in [0, 0.05) is 0 Å². The number of hydrogen-bond donors (Lipinski definition) is 2. The second-order valence-corrected chi connectivity index (χ2v) is 5.17. The number of nitrogens with one attached hydrogen (secondary N) is 1. The zero-order chi connectivity index (χ0) is 14.7. The summed E-state index contributed by atoms with van der Waals surface area (Å²) in [4.78, 5) is 15.6. The first-order valence-electron chi connectivity index (χ1n) is 6.91. The van der Waals surface area contributed by atoms with Gasteiger partial charge in [0.2, 0.25) is 0 Å². The molecule has 0 radical (unpaired) electrons. The molecule has 0 aliphatic rings. The first kappa shape index (κ1) is 14.5. The first-order chi connectivity index (χ1) is 9.52. The van der Waals surface area contributed by atoms with Crippen LogP contribution in [0.3, 0.4) is 0 Å². The molecule has 2 N–H and O–H groups in total. The summed E-state index contributed by atoms with van der Waals surface area (Å²) in [5.41, 5.74) is 4.28. The predicted molar refractivity (Wildman–Crippen MR) is 78.9 cm³/mol. The van der Waals surface area contributed by atoms with Crippen LogP contribution in [0.15, 0.2) is 18.5 Å². The third-order valence-electron chi connectivity index (χ3n) is 3.55. The summed E-state index contributed by atoms with van der Waals surface area (Å²) in [6.45, 7) is 7.20. The average molecular weight is 275 g/mol. The highest BCUT2D eigenvalue weighted by atomic mass is 16.4. The quantitative estimate of drug-likeness (QED) is 0.847. The maximum Gasteiger partial charge on any atom is 0.322 e. The van der Waals surface area contributed by atoms with Gasteiger partial charge in [-0.2, -0.15) is 0 Å². The number of nitrogens with zero attached hydrogens (tertiary/aromatic N) is 2. The Balaban J connectivity index is 2.28. The Hall–Kier alpha value is -1.88. The van der Waals surface area contributed by atoms with Crippen molar-refractivity contribution < 1.29 is 9.90 Å². The van der Waals surface area contributed by atoms with Gasteiger partial charge in [0.05, 0.1) is 23.9 Å². The van der Waals surface area contributed by atoms with Crippen LogP contribution in [0.4, 0.5) is 0 Å². The van der Waals surface area contributed by atoms with Crippen molar-refractivity contribution in [2.24, 2.45) is 0 Å². The van der Waals surface area contributed by atoms with Crippen LogP contribution in [0.5, 0.6) is 0 Å². The van der Waals surface area contributed by atoms with Crippen molar-refractivity contribution in [1.29, 1.82) is 0 Å². The van der Waals surface area contributed by atoms with Crippen LogP contribution in [0, 0.1) is 13.8 Å². The van der Waals surface area contributed by atoms with Gasteiger partial charge in [0.1, 0.15) is 6.04 Å². The van der Waals surface area contributed by atoms with Gasteiger partial charge in [-0.15, -0.1) is 0 Å². The van der Waals surface area contributed by atoms with Gasteiger partial charge in [-0.3, -0.25) is 4.79 Å². The Kier molecular flexibility index (Phi) is 4.39. The molecule has 108 valence electrons. The third kappa shape index (κ3) is 2.99. The molecule has 0 aliphatic carbocycles. The summed E-state index contributed by atoms with van der Waals surface area (Å²) in [5.74, 6) is -0.830. The molecular weight excluding hydrogens is 254 g/mol. The number of hydrogen-bond acceptors (Lipinski definition) is 3. The van der Waals surface area contributed by atoms with Crippen molar-refractivity contribution in [1.82, 2.24) is 14.9 Å². The molecule has 1 atom stereocenters. The molecule has 0 fully saturated rings. The fraction of sp³-hybridized carbons (Fsp3) is 0.467. The molecule has 2 aromatic rings. The normalized spacial score (nSPS) is 12.8. The van der Waals surface area contributed by atoms with Crippen molar-refractivity contribution in [3.8, 4) is 0 Å². The summed E-state index contributed by atoms with van der Waals surface area (Å²) in [6.07, 6.45) is 2.62. The largest absolute Gasteiger partial charge is 0.480 e. The molecule has 5 nitrogen and oxygen atoms in total. The predicted octanol–water partition coefficient (Wildman–Crippen LogP) is 2.11. The van der Waals surface area contributed by atoms with Crippen molar-refractivity contribution in [2.45, 2.75) is 39.8 Å². The maximum atomic E-state index is 11.3. The van der Waals surface area contributed by atoms with Crippen LogP contribution < -0.4 is 5.32 Å². The van der Waals surface area contributed by atoms with Gasteiger partial charge >= 0.3 is 5.97 Å². The number of aromatic nitrogens is 2. The standard InChI is InChI=1S/C15H21N3O2/c1-4-5-16-13(15(19)20)8-18-9-17-12-6-10(2)11(3)7-14(12)18/h6-7,9,13,16H,4-5,8H2,1-3H3,(H,19,20). The molecule has 0 saturated carbocycles. The van der Waals surface area contributed by atoms with E-state index in [4.69, 9.17) is 0 Å². The number of carboxylic acid groups (broad SMARTS) is 1. The number of carboxylic acids is 1. The Morgan fingerprint density at radius 3 is 2.75 bits per heavy atom. The van der Waals surface area contributed by atoms with E-state index < -0.39 is 12.0 Å². The number of aryl methyl sites for hydroxylation is 2. The van der Waals surface area contributed by atoms with Crippen LogP contribution in [0.25, 0.3) is 11.0 Å². The van der Waals surface area contributed by atoms with Crippen LogP contribution in [0.1, 0.15) is 24.5 Å². The highest BCUT2D eigenvalue weighted by Gasteiger charge is 2.18. The van der Waals surface area contributed by atoms with E-state index in [1.165, 1.54) is 11.1 Å². The van der Waals surface area contributed by atoms with Crippen LogP contribution in [0.2, 0.25) is 0 Å². The minimum absolute atomic E-state index is 0.383. The fourth-order valence-electron chi connectivity index (χ4n) is 2.20. The molecule has 1 unspecified atom stereocenters. The number of rotatable bonds is 6. The zero-order valence-corrected chi connectivity index (χ0v) is 12.2. The molecule has 5 heteroatoms. The molecule has 0 bridgehead atoms. The minimum atomic E-state index is -0.830. The Morgan fingerprint density at radius 2 is 2.10 bits per heavy atom. The van der Waals surface area contributed by atoms with Crippen molar-refractivity contribution in [3.05, 3.63) is 29.6 Å². The molecule has 20 heavy (non-hydrogen) atoms. The highest BCUT2D eigenvalue weighted by Crippen LogP contribution is 2.18. The lowest BCUT2D eigenvalue weighted by atomic mass is 10.1. The Morgan fingerprint density at radius 1 is 1.40 bits per heavy atom. The van der Waals surface area contributed by atoms with Crippen LogP contribution in [-0.4, -0.2) is 33.2 Å². The topological polar surface area (TPSA) is 67.2 Å². The van der Waals surface area contributed by atoms with E-state index in [0.29, 0.717) is 13.1 Å². The monoisotopic (exact) mass is 275 g/mol. The second kappa shape index (κ2) is 6.05. The van der Waals surface area contributed by atoms with E-state index in [1.54, 1.807) is 6.33 Å². The molecule has 1 heterocycles. The highest BCUT2D eigenvalue weighted by molar-refractivity contribution is 5.78. The molecule has 1 aromatic heterocycles. The Bertz CT molecular complexity index is 619. The fourth-order valence-corrected chi connectivity index (χ4v) is 2.20. The summed E-state index contributed by atoms with van der Waals surface area (Å²) in [6, 6.07) is 3.52. The van der Waals surface area contributed by atoms with Gasteiger partial charge in [0.15, 0.2) is 0 Å². The van der Waals surface area contributed by atoms with Gasteiger partial charge in [-0.05, 0) is 50.1 Å². The van der Waals surface area contributed by atoms with Gasteiger partial charge < -0.3 is 15.0 Å². The van der Waals surface area contributed by atoms with E-state index in [1.807, 2.05) is 17.6 Å². The number of carbonyl (C=O) groups is 1. The summed E-state index contributed by atoms with van der Waals surface area (Å²) >= 11 is 0. The minimum Gasteiger partial charge on any atom is -0.480 e.